The normalized spacial score (nSPS) is 13.1. The Kier molecular flexibility index (Phi) is 3.98. The van der Waals surface area contributed by atoms with Crippen LogP contribution in [0.25, 0.3) is 11.0 Å². The van der Waals surface area contributed by atoms with Crippen molar-refractivity contribution in [1.29, 1.82) is 0 Å². The Morgan fingerprint density at radius 3 is 2.68 bits per heavy atom. The van der Waals surface area contributed by atoms with Crippen molar-refractivity contribution in [2.75, 3.05) is 5.73 Å². The van der Waals surface area contributed by atoms with Crippen molar-refractivity contribution in [3.8, 4) is 5.75 Å². The molecule has 0 fully saturated rings. The van der Waals surface area contributed by atoms with E-state index in [2.05, 4.69) is 23.4 Å². The van der Waals surface area contributed by atoms with Gasteiger partial charge in [0.15, 0.2) is 0 Å². The van der Waals surface area contributed by atoms with Crippen LogP contribution in [0.5, 0.6) is 5.75 Å². The average molecular weight is 261 g/mol. The van der Waals surface area contributed by atoms with E-state index in [0.29, 0.717) is 11.9 Å². The summed E-state index contributed by atoms with van der Waals surface area (Å²) in [6, 6.07) is 5.99. The molecule has 104 valence electrons. The van der Waals surface area contributed by atoms with E-state index < -0.39 is 0 Å². The average Bonchev–Trinajstić information content (AvgIpc) is 2.67. The highest BCUT2D eigenvalue weighted by molar-refractivity contribution is 5.84. The number of para-hydroxylation sites is 1. The maximum absolute atomic E-state index is 6.05. The number of hydrogen-bond acceptors (Lipinski definition) is 3. The van der Waals surface area contributed by atoms with Gasteiger partial charge < -0.3 is 15.0 Å². The predicted molar refractivity (Wildman–Crippen MR) is 79.4 cm³/mol. The van der Waals surface area contributed by atoms with E-state index >= 15 is 0 Å². The van der Waals surface area contributed by atoms with Crippen LogP contribution in [0.1, 0.15) is 34.1 Å². The monoisotopic (exact) mass is 261 g/mol. The molecule has 19 heavy (non-hydrogen) atoms. The van der Waals surface area contributed by atoms with Crippen LogP contribution in [0.3, 0.4) is 0 Å². The van der Waals surface area contributed by atoms with Crippen LogP contribution < -0.4 is 10.5 Å². The largest absolute Gasteiger partial charge is 0.489 e. The number of ether oxygens (including phenoxy) is 1. The van der Waals surface area contributed by atoms with E-state index in [9.17, 15) is 0 Å². The molecule has 1 aromatic carbocycles. The van der Waals surface area contributed by atoms with Gasteiger partial charge in [0.25, 0.3) is 0 Å². The van der Waals surface area contributed by atoms with Gasteiger partial charge >= 0.3 is 0 Å². The molecule has 0 spiro atoms. The lowest BCUT2D eigenvalue weighted by Gasteiger charge is -2.12. The van der Waals surface area contributed by atoms with Crippen LogP contribution in [0, 0.1) is 5.92 Å². The Morgan fingerprint density at radius 1 is 1.32 bits per heavy atom. The standard InChI is InChI=1S/C15H23N3O/c1-5-11(4)9-18-12-7-6-8-13(19-10(2)3)14(12)17-15(18)16/h6-8,10-11H,5,9H2,1-4H3,(H2,16,17). The molecule has 0 aliphatic carbocycles. The number of hydrogen-bond donors (Lipinski definition) is 1. The molecule has 4 nitrogen and oxygen atoms in total. The van der Waals surface area contributed by atoms with Crippen molar-refractivity contribution in [2.24, 2.45) is 5.92 Å². The number of rotatable bonds is 5. The number of aromatic nitrogens is 2. The van der Waals surface area contributed by atoms with Crippen molar-refractivity contribution in [3.05, 3.63) is 18.2 Å². The topological polar surface area (TPSA) is 53.1 Å². The highest BCUT2D eigenvalue weighted by Crippen LogP contribution is 2.28. The summed E-state index contributed by atoms with van der Waals surface area (Å²) in [6.45, 7) is 9.33. The van der Waals surface area contributed by atoms with Crippen LogP contribution in [0.15, 0.2) is 18.2 Å². The minimum Gasteiger partial charge on any atom is -0.489 e. The van der Waals surface area contributed by atoms with Crippen LogP contribution in [-0.4, -0.2) is 15.7 Å². The Labute approximate surface area is 114 Å². The first-order chi connectivity index (χ1) is 9.02. The van der Waals surface area contributed by atoms with Gasteiger partial charge in [0, 0.05) is 6.54 Å². The molecule has 0 saturated carbocycles. The maximum atomic E-state index is 6.05. The van der Waals surface area contributed by atoms with E-state index in [1.807, 2.05) is 32.0 Å². The number of nitrogens with two attached hydrogens (primary N) is 1. The number of fused-ring (bicyclic) bond motifs is 1. The second kappa shape index (κ2) is 5.51. The Hall–Kier alpha value is -1.71. The zero-order valence-corrected chi connectivity index (χ0v) is 12.2. The molecule has 1 atom stereocenters. The van der Waals surface area contributed by atoms with Crippen molar-refractivity contribution in [3.63, 3.8) is 0 Å². The lowest BCUT2D eigenvalue weighted by atomic mass is 10.1. The third-order valence-electron chi connectivity index (χ3n) is 3.33. The molecule has 0 bridgehead atoms. The molecule has 0 saturated heterocycles. The molecule has 0 amide bonds. The fraction of sp³-hybridized carbons (Fsp3) is 0.533. The van der Waals surface area contributed by atoms with Gasteiger partial charge in [-0.15, -0.1) is 0 Å². The smallest absolute Gasteiger partial charge is 0.201 e. The summed E-state index contributed by atoms with van der Waals surface area (Å²) in [5.74, 6) is 1.95. The Morgan fingerprint density at radius 2 is 2.05 bits per heavy atom. The molecule has 2 aromatic rings. The quantitative estimate of drug-likeness (QED) is 0.896. The minimum absolute atomic E-state index is 0.131. The van der Waals surface area contributed by atoms with Crippen molar-refractivity contribution < 1.29 is 4.74 Å². The summed E-state index contributed by atoms with van der Waals surface area (Å²) in [5, 5.41) is 0. The molecule has 0 aliphatic rings. The van der Waals surface area contributed by atoms with Crippen molar-refractivity contribution >= 4 is 17.0 Å². The van der Waals surface area contributed by atoms with Crippen LogP contribution in [0.2, 0.25) is 0 Å². The summed E-state index contributed by atoms with van der Waals surface area (Å²) >= 11 is 0. The van der Waals surface area contributed by atoms with Gasteiger partial charge in [-0.3, -0.25) is 0 Å². The number of nitrogen functional groups attached to an aromatic ring is 1. The van der Waals surface area contributed by atoms with E-state index in [-0.39, 0.29) is 6.10 Å². The molecular formula is C15H23N3O. The molecule has 2 N–H and O–H groups in total. The van der Waals surface area contributed by atoms with E-state index in [1.54, 1.807) is 0 Å². The second-order valence-electron chi connectivity index (χ2n) is 5.38. The maximum Gasteiger partial charge on any atom is 0.201 e. The molecular weight excluding hydrogens is 238 g/mol. The first-order valence-corrected chi connectivity index (χ1v) is 6.94. The molecule has 1 unspecified atom stereocenters. The number of nitrogens with zero attached hydrogens (tertiary/aromatic N) is 2. The van der Waals surface area contributed by atoms with Crippen molar-refractivity contribution in [1.82, 2.24) is 9.55 Å². The summed E-state index contributed by atoms with van der Waals surface area (Å²) in [7, 11) is 0. The van der Waals surface area contributed by atoms with Gasteiger partial charge in [-0.05, 0) is 31.9 Å². The lowest BCUT2D eigenvalue weighted by Crippen LogP contribution is -2.09. The molecule has 0 radical (unpaired) electrons. The zero-order chi connectivity index (χ0) is 14.0. The molecule has 2 rings (SSSR count). The fourth-order valence-corrected chi connectivity index (χ4v) is 2.12. The third-order valence-corrected chi connectivity index (χ3v) is 3.33. The highest BCUT2D eigenvalue weighted by atomic mass is 16.5. The van der Waals surface area contributed by atoms with Gasteiger partial charge in [0.2, 0.25) is 5.95 Å². The number of benzene rings is 1. The third kappa shape index (κ3) is 2.83. The first-order valence-electron chi connectivity index (χ1n) is 6.94. The van der Waals surface area contributed by atoms with Gasteiger partial charge in [0.05, 0.1) is 11.6 Å². The number of anilines is 1. The van der Waals surface area contributed by atoms with E-state index in [4.69, 9.17) is 10.5 Å². The Balaban J connectivity index is 2.46. The molecule has 0 aliphatic heterocycles. The predicted octanol–water partition coefficient (Wildman–Crippen LogP) is 3.45. The van der Waals surface area contributed by atoms with Crippen LogP contribution in [0.4, 0.5) is 5.95 Å². The Bertz CT molecular complexity index is 560. The first kappa shape index (κ1) is 13.7. The summed E-state index contributed by atoms with van der Waals surface area (Å²) < 4.78 is 7.88. The number of imidazole rings is 1. The van der Waals surface area contributed by atoms with Gasteiger partial charge in [0.1, 0.15) is 11.3 Å². The molecule has 1 heterocycles. The van der Waals surface area contributed by atoms with Gasteiger partial charge in [-0.2, -0.15) is 0 Å². The fourth-order valence-electron chi connectivity index (χ4n) is 2.12. The van der Waals surface area contributed by atoms with Crippen molar-refractivity contribution in [2.45, 2.75) is 46.8 Å². The summed E-state index contributed by atoms with van der Waals surface area (Å²) in [6.07, 6.45) is 1.26. The summed E-state index contributed by atoms with van der Waals surface area (Å²) in [5.41, 5.74) is 7.96. The molecule has 1 aromatic heterocycles. The van der Waals surface area contributed by atoms with E-state index in [0.717, 1.165) is 29.7 Å². The molecule has 4 heteroatoms. The SMILES string of the molecule is CCC(C)Cn1c(N)nc2c(OC(C)C)cccc21. The zero-order valence-electron chi connectivity index (χ0n) is 12.2. The highest BCUT2D eigenvalue weighted by Gasteiger charge is 2.14. The van der Waals surface area contributed by atoms with Crippen LogP contribution in [-0.2, 0) is 6.54 Å². The van der Waals surface area contributed by atoms with Gasteiger partial charge in [-0.25, -0.2) is 4.98 Å². The second-order valence-corrected chi connectivity index (χ2v) is 5.38. The van der Waals surface area contributed by atoms with Gasteiger partial charge in [-0.1, -0.05) is 26.3 Å². The lowest BCUT2D eigenvalue weighted by molar-refractivity contribution is 0.245. The summed E-state index contributed by atoms with van der Waals surface area (Å²) in [4.78, 5) is 4.47. The minimum atomic E-state index is 0.131. The van der Waals surface area contributed by atoms with Crippen LogP contribution >= 0.6 is 0 Å². The van der Waals surface area contributed by atoms with E-state index in [1.165, 1.54) is 0 Å².